The molecule has 0 bridgehead atoms. The van der Waals surface area contributed by atoms with Crippen LogP contribution in [-0.2, 0) is 4.74 Å². The molecule has 0 aromatic heterocycles. The molecule has 3 N–H and O–H groups in total. The van der Waals surface area contributed by atoms with Gasteiger partial charge in [-0.15, -0.1) is 0 Å². The number of rotatable bonds is 4. The third-order valence-electron chi connectivity index (χ3n) is 2.07. The van der Waals surface area contributed by atoms with Gasteiger partial charge in [-0.2, -0.15) is 0 Å². The highest BCUT2D eigenvalue weighted by Crippen LogP contribution is 2.24. The highest BCUT2D eigenvalue weighted by molar-refractivity contribution is 5.72. The van der Waals surface area contributed by atoms with Crippen LogP contribution in [-0.4, -0.2) is 13.2 Å². The number of hydrogen-bond donors (Lipinski definition) is 2. The summed E-state index contributed by atoms with van der Waals surface area (Å²) in [4.78, 5) is 0. The Labute approximate surface area is 90.9 Å². The first-order valence-electron chi connectivity index (χ1n) is 4.94. The van der Waals surface area contributed by atoms with Crippen molar-refractivity contribution in [2.45, 2.75) is 19.9 Å². The molecule has 0 radical (unpaired) electrons. The molecule has 0 heterocycles. The van der Waals surface area contributed by atoms with Gasteiger partial charge in [-0.25, -0.2) is 0 Å². The Bertz CT molecular complexity index is 359. The van der Waals surface area contributed by atoms with Crippen molar-refractivity contribution < 1.29 is 4.74 Å². The molecule has 0 saturated heterocycles. The molecule has 1 aromatic carbocycles. The Morgan fingerprint density at radius 1 is 1.47 bits per heavy atom. The zero-order valence-corrected chi connectivity index (χ0v) is 9.50. The molecular formula is C12H18N2O. The second-order valence-electron chi connectivity index (χ2n) is 3.73. The summed E-state index contributed by atoms with van der Waals surface area (Å²) in [6.07, 6.45) is 0. The van der Waals surface area contributed by atoms with Crippen LogP contribution < -0.4 is 11.1 Å². The van der Waals surface area contributed by atoms with E-state index in [4.69, 9.17) is 10.5 Å². The predicted octanol–water partition coefficient (Wildman–Crippen LogP) is 2.71. The van der Waals surface area contributed by atoms with E-state index in [9.17, 15) is 0 Å². The van der Waals surface area contributed by atoms with Crippen molar-refractivity contribution in [1.29, 1.82) is 0 Å². The first-order valence-corrected chi connectivity index (χ1v) is 4.94. The van der Waals surface area contributed by atoms with Crippen molar-refractivity contribution in [3.8, 4) is 0 Å². The minimum absolute atomic E-state index is 0.346. The highest BCUT2D eigenvalue weighted by atomic mass is 16.5. The third-order valence-corrected chi connectivity index (χ3v) is 2.07. The summed E-state index contributed by atoms with van der Waals surface area (Å²) in [5, 5.41) is 3.27. The summed E-state index contributed by atoms with van der Waals surface area (Å²) in [5.41, 5.74) is 8.44. The van der Waals surface area contributed by atoms with E-state index < -0.39 is 0 Å². The number of nitrogen functional groups attached to an aromatic ring is 1. The van der Waals surface area contributed by atoms with E-state index in [-0.39, 0.29) is 0 Å². The van der Waals surface area contributed by atoms with Crippen LogP contribution in [0.2, 0.25) is 0 Å². The molecule has 0 aliphatic rings. The van der Waals surface area contributed by atoms with Crippen molar-refractivity contribution in [2.24, 2.45) is 0 Å². The van der Waals surface area contributed by atoms with E-state index in [1.165, 1.54) is 0 Å². The van der Waals surface area contributed by atoms with Crippen LogP contribution in [0.5, 0.6) is 0 Å². The van der Waals surface area contributed by atoms with Crippen LogP contribution in [0.3, 0.4) is 0 Å². The molecule has 0 aliphatic heterocycles. The fourth-order valence-electron chi connectivity index (χ4n) is 1.28. The molecule has 0 aliphatic carbocycles. The summed E-state index contributed by atoms with van der Waals surface area (Å²) < 4.78 is 5.07. The molecule has 0 amide bonds. The summed E-state index contributed by atoms with van der Waals surface area (Å²) in [5.74, 6) is 0.641. The molecule has 0 fully saturated rings. The Hall–Kier alpha value is -1.64. The zero-order chi connectivity index (χ0) is 11.4. The number of nitrogens with one attached hydrogen (secondary N) is 1. The molecule has 82 valence electrons. The van der Waals surface area contributed by atoms with Gasteiger partial charge in [0, 0.05) is 11.6 Å². The van der Waals surface area contributed by atoms with Gasteiger partial charge in [0.2, 0.25) is 0 Å². The largest absolute Gasteiger partial charge is 0.497 e. The number of methoxy groups -OCH3 is 1. The van der Waals surface area contributed by atoms with Gasteiger partial charge in [-0.05, 0) is 32.0 Å². The second kappa shape index (κ2) is 4.73. The molecule has 0 atom stereocenters. The molecule has 0 spiro atoms. The van der Waals surface area contributed by atoms with Crippen LogP contribution in [0, 0.1) is 0 Å². The van der Waals surface area contributed by atoms with Gasteiger partial charge >= 0.3 is 0 Å². The SMILES string of the molecule is C=C(OC)c1ccc(N)c(NC(C)C)c1. The molecular weight excluding hydrogens is 188 g/mol. The maximum absolute atomic E-state index is 5.85. The first kappa shape index (κ1) is 11.4. The van der Waals surface area contributed by atoms with E-state index >= 15 is 0 Å². The van der Waals surface area contributed by atoms with Crippen molar-refractivity contribution in [1.82, 2.24) is 0 Å². The Morgan fingerprint density at radius 3 is 2.67 bits per heavy atom. The normalized spacial score (nSPS) is 10.1. The van der Waals surface area contributed by atoms with Gasteiger partial charge < -0.3 is 15.8 Å². The third kappa shape index (κ3) is 2.91. The quantitative estimate of drug-likeness (QED) is 0.588. The van der Waals surface area contributed by atoms with Crippen LogP contribution >= 0.6 is 0 Å². The van der Waals surface area contributed by atoms with Crippen LogP contribution in [0.1, 0.15) is 19.4 Å². The van der Waals surface area contributed by atoms with Crippen molar-refractivity contribution >= 4 is 17.1 Å². The minimum atomic E-state index is 0.346. The molecule has 3 nitrogen and oxygen atoms in total. The van der Waals surface area contributed by atoms with E-state index in [0.717, 1.165) is 16.9 Å². The Balaban J connectivity index is 2.99. The first-order chi connectivity index (χ1) is 7.04. The standard InChI is InChI=1S/C12H18N2O/c1-8(2)14-12-7-10(9(3)15-4)5-6-11(12)13/h5-8,14H,3,13H2,1-2,4H3. The van der Waals surface area contributed by atoms with Crippen molar-refractivity contribution in [3.05, 3.63) is 30.3 Å². The number of anilines is 2. The molecule has 3 heteroatoms. The van der Waals surface area contributed by atoms with E-state index in [2.05, 4.69) is 25.7 Å². The van der Waals surface area contributed by atoms with Gasteiger partial charge in [0.25, 0.3) is 0 Å². The maximum Gasteiger partial charge on any atom is 0.118 e. The van der Waals surface area contributed by atoms with Gasteiger partial charge in [0.1, 0.15) is 5.76 Å². The van der Waals surface area contributed by atoms with Gasteiger partial charge in [0.15, 0.2) is 0 Å². The van der Waals surface area contributed by atoms with E-state index in [1.54, 1.807) is 7.11 Å². The van der Waals surface area contributed by atoms with Crippen molar-refractivity contribution in [2.75, 3.05) is 18.2 Å². The summed E-state index contributed by atoms with van der Waals surface area (Å²) in [7, 11) is 1.61. The average molecular weight is 206 g/mol. The lowest BCUT2D eigenvalue weighted by Gasteiger charge is -2.14. The average Bonchev–Trinajstić information content (AvgIpc) is 2.19. The molecule has 15 heavy (non-hydrogen) atoms. The monoisotopic (exact) mass is 206 g/mol. The fourth-order valence-corrected chi connectivity index (χ4v) is 1.28. The van der Waals surface area contributed by atoms with Gasteiger partial charge in [-0.3, -0.25) is 0 Å². The lowest BCUT2D eigenvalue weighted by atomic mass is 10.1. The second-order valence-corrected chi connectivity index (χ2v) is 3.73. The lowest BCUT2D eigenvalue weighted by Crippen LogP contribution is -2.11. The summed E-state index contributed by atoms with van der Waals surface area (Å²) in [6.45, 7) is 7.94. The van der Waals surface area contributed by atoms with Gasteiger partial charge in [0.05, 0.1) is 18.5 Å². The zero-order valence-electron chi connectivity index (χ0n) is 9.50. The molecule has 0 unspecified atom stereocenters. The Kier molecular flexibility index (Phi) is 3.61. The number of benzene rings is 1. The van der Waals surface area contributed by atoms with Crippen LogP contribution in [0.25, 0.3) is 5.76 Å². The van der Waals surface area contributed by atoms with E-state index in [0.29, 0.717) is 11.8 Å². The van der Waals surface area contributed by atoms with Crippen LogP contribution in [0.4, 0.5) is 11.4 Å². The molecule has 1 rings (SSSR count). The van der Waals surface area contributed by atoms with Gasteiger partial charge in [-0.1, -0.05) is 6.58 Å². The highest BCUT2D eigenvalue weighted by Gasteiger charge is 2.04. The lowest BCUT2D eigenvalue weighted by molar-refractivity contribution is 0.371. The van der Waals surface area contributed by atoms with Crippen molar-refractivity contribution in [3.63, 3.8) is 0 Å². The van der Waals surface area contributed by atoms with Crippen LogP contribution in [0.15, 0.2) is 24.8 Å². The van der Waals surface area contributed by atoms with E-state index in [1.807, 2.05) is 18.2 Å². The number of nitrogens with two attached hydrogens (primary N) is 1. The molecule has 1 aromatic rings. The Morgan fingerprint density at radius 2 is 2.13 bits per heavy atom. The topological polar surface area (TPSA) is 47.3 Å². The maximum atomic E-state index is 5.85. The smallest absolute Gasteiger partial charge is 0.118 e. The summed E-state index contributed by atoms with van der Waals surface area (Å²) in [6, 6.07) is 6.04. The minimum Gasteiger partial charge on any atom is -0.497 e. The number of hydrogen-bond acceptors (Lipinski definition) is 3. The predicted molar refractivity (Wildman–Crippen MR) is 65.7 cm³/mol. The number of ether oxygens (including phenoxy) is 1. The fraction of sp³-hybridized carbons (Fsp3) is 0.333. The molecule has 0 saturated carbocycles. The summed E-state index contributed by atoms with van der Waals surface area (Å²) >= 11 is 0.